The van der Waals surface area contributed by atoms with Crippen LogP contribution in [0, 0.1) is 24.0 Å². The third kappa shape index (κ3) is 4.09. The van der Waals surface area contributed by atoms with Crippen LogP contribution in [-0.4, -0.2) is 31.6 Å². The third-order valence-corrected chi connectivity index (χ3v) is 6.87. The molecule has 1 aromatic carbocycles. The van der Waals surface area contributed by atoms with E-state index in [1.807, 2.05) is 48.7 Å². The Morgan fingerprint density at radius 3 is 2.69 bits per heavy atom. The molecule has 0 amide bonds. The van der Waals surface area contributed by atoms with Gasteiger partial charge in [-0.15, -0.1) is 0 Å². The molecule has 10 heteroatoms. The van der Waals surface area contributed by atoms with Gasteiger partial charge in [-0.3, -0.25) is 15.1 Å². The molecule has 4 aromatic rings. The number of thiocarbonyl (C=S) groups is 1. The van der Waals surface area contributed by atoms with Gasteiger partial charge in [-0.1, -0.05) is 6.07 Å². The molecule has 5 rings (SSSR count). The van der Waals surface area contributed by atoms with Crippen LogP contribution < -0.4 is 10.1 Å². The van der Waals surface area contributed by atoms with Crippen molar-refractivity contribution in [2.45, 2.75) is 32.5 Å². The van der Waals surface area contributed by atoms with E-state index in [0.717, 1.165) is 28.4 Å². The smallest absolute Gasteiger partial charge is 0.296 e. The summed E-state index contributed by atoms with van der Waals surface area (Å²) < 4.78 is 12.8. The van der Waals surface area contributed by atoms with Crippen LogP contribution in [0.2, 0.25) is 0 Å². The molecular weight excluding hydrogens is 478 g/mol. The zero-order valence-electron chi connectivity index (χ0n) is 20.0. The van der Waals surface area contributed by atoms with Crippen LogP contribution in [0.1, 0.15) is 40.5 Å². The lowest BCUT2D eigenvalue weighted by atomic mass is 9.96. The van der Waals surface area contributed by atoms with Gasteiger partial charge in [0.25, 0.3) is 5.69 Å². The molecule has 9 nitrogen and oxygen atoms in total. The molecule has 0 saturated carbocycles. The van der Waals surface area contributed by atoms with Crippen LogP contribution in [0.5, 0.6) is 5.75 Å². The standard InChI is InChI=1S/C26H25N5O4S/c1-16-13-20(17(2)30(16)22-10-9-18(34-3)14-23(22)31(32)33)25-24(21-8-4-5-11-27-21)28-26(36)29(25)15-19-7-6-12-35-19/h4-14,24-25H,15H2,1-3H3,(H,28,36)/t24-,25+/m1/s1. The Morgan fingerprint density at radius 1 is 1.19 bits per heavy atom. The number of benzene rings is 1. The second-order valence-corrected chi connectivity index (χ2v) is 8.99. The van der Waals surface area contributed by atoms with E-state index in [2.05, 4.69) is 21.3 Å². The van der Waals surface area contributed by atoms with Crippen LogP contribution in [0.15, 0.2) is 71.5 Å². The highest BCUT2D eigenvalue weighted by Crippen LogP contribution is 2.43. The topological polar surface area (TPSA) is 98.6 Å². The molecule has 1 fully saturated rings. The van der Waals surface area contributed by atoms with Gasteiger partial charge >= 0.3 is 0 Å². The van der Waals surface area contributed by atoms with Crippen molar-refractivity contribution >= 4 is 23.0 Å². The van der Waals surface area contributed by atoms with E-state index in [4.69, 9.17) is 21.4 Å². The molecule has 0 unspecified atom stereocenters. The number of methoxy groups -OCH3 is 1. The molecular formula is C26H25N5O4S. The van der Waals surface area contributed by atoms with Gasteiger partial charge in [0.05, 0.1) is 48.7 Å². The van der Waals surface area contributed by atoms with E-state index >= 15 is 0 Å². The molecule has 0 spiro atoms. The number of pyridine rings is 1. The van der Waals surface area contributed by atoms with Gasteiger partial charge in [0.1, 0.15) is 17.2 Å². The Balaban J connectivity index is 1.65. The van der Waals surface area contributed by atoms with Crippen LogP contribution >= 0.6 is 12.2 Å². The number of aryl methyl sites for hydroxylation is 1. The second-order valence-electron chi connectivity index (χ2n) is 8.61. The van der Waals surface area contributed by atoms with Crippen molar-refractivity contribution in [3.05, 3.63) is 106 Å². The van der Waals surface area contributed by atoms with E-state index in [-0.39, 0.29) is 22.7 Å². The van der Waals surface area contributed by atoms with Gasteiger partial charge in [0.15, 0.2) is 5.11 Å². The summed E-state index contributed by atoms with van der Waals surface area (Å²) in [5.41, 5.74) is 4.03. The van der Waals surface area contributed by atoms with Crippen molar-refractivity contribution < 1.29 is 14.1 Å². The molecule has 2 atom stereocenters. The molecule has 1 saturated heterocycles. The van der Waals surface area contributed by atoms with Gasteiger partial charge in [-0.05, 0) is 74.1 Å². The number of nitro groups is 1. The number of furan rings is 1. The van der Waals surface area contributed by atoms with Crippen molar-refractivity contribution in [3.63, 3.8) is 0 Å². The maximum absolute atomic E-state index is 11.9. The molecule has 184 valence electrons. The van der Waals surface area contributed by atoms with Crippen LogP contribution in [0.4, 0.5) is 5.69 Å². The third-order valence-electron chi connectivity index (χ3n) is 6.51. The number of rotatable bonds is 7. The molecule has 4 heterocycles. The predicted octanol–water partition coefficient (Wildman–Crippen LogP) is 5.17. The van der Waals surface area contributed by atoms with Crippen molar-refractivity contribution in [1.29, 1.82) is 0 Å². The van der Waals surface area contributed by atoms with Gasteiger partial charge in [0.2, 0.25) is 0 Å². The summed E-state index contributed by atoms with van der Waals surface area (Å²) in [6.45, 7) is 4.38. The van der Waals surface area contributed by atoms with E-state index in [1.54, 1.807) is 24.6 Å². The van der Waals surface area contributed by atoms with Gasteiger partial charge in [-0.2, -0.15) is 0 Å². The minimum absolute atomic E-state index is 0.0310. The maximum Gasteiger partial charge on any atom is 0.296 e. The molecule has 1 aliphatic rings. The predicted molar refractivity (Wildman–Crippen MR) is 138 cm³/mol. The normalized spacial score (nSPS) is 17.3. The highest BCUT2D eigenvalue weighted by atomic mass is 32.1. The first-order chi connectivity index (χ1) is 17.4. The zero-order valence-corrected chi connectivity index (χ0v) is 20.9. The molecule has 0 aliphatic carbocycles. The van der Waals surface area contributed by atoms with E-state index in [9.17, 15) is 10.1 Å². The SMILES string of the molecule is COc1ccc(-n2c(C)cc([C@H]3[C@@H](c4ccccn4)NC(=S)N3Cc3ccco3)c2C)c([N+](=O)[O-])c1. The number of hydrogen-bond acceptors (Lipinski definition) is 6. The average molecular weight is 504 g/mol. The lowest BCUT2D eigenvalue weighted by molar-refractivity contribution is -0.384. The molecule has 0 bridgehead atoms. The second kappa shape index (κ2) is 9.46. The van der Waals surface area contributed by atoms with Gasteiger partial charge < -0.3 is 23.9 Å². The lowest BCUT2D eigenvalue weighted by Crippen LogP contribution is -2.29. The first-order valence-electron chi connectivity index (χ1n) is 11.4. The van der Waals surface area contributed by atoms with Crippen LogP contribution in [-0.2, 0) is 6.54 Å². The average Bonchev–Trinajstić information content (AvgIpc) is 3.58. The maximum atomic E-state index is 11.9. The summed E-state index contributed by atoms with van der Waals surface area (Å²) in [4.78, 5) is 18.2. The largest absolute Gasteiger partial charge is 0.496 e. The van der Waals surface area contributed by atoms with Crippen LogP contribution in [0.3, 0.4) is 0 Å². The Kier molecular flexibility index (Phi) is 6.19. The lowest BCUT2D eigenvalue weighted by Gasteiger charge is -2.27. The number of nitro benzene ring substituents is 1. The molecule has 1 aliphatic heterocycles. The Hall–Kier alpha value is -4.18. The summed E-state index contributed by atoms with van der Waals surface area (Å²) in [6.07, 6.45) is 3.40. The number of aromatic nitrogens is 2. The summed E-state index contributed by atoms with van der Waals surface area (Å²) in [5, 5.41) is 16.0. The van der Waals surface area contributed by atoms with Gasteiger partial charge in [0, 0.05) is 17.6 Å². The monoisotopic (exact) mass is 503 g/mol. The molecule has 1 N–H and O–H groups in total. The summed E-state index contributed by atoms with van der Waals surface area (Å²) in [5.74, 6) is 1.21. The Bertz CT molecular complexity index is 1420. The first kappa shape index (κ1) is 23.6. The fraction of sp³-hybridized carbons (Fsp3) is 0.231. The Morgan fingerprint density at radius 2 is 2.03 bits per heavy atom. The van der Waals surface area contributed by atoms with Crippen molar-refractivity contribution in [3.8, 4) is 11.4 Å². The molecule has 3 aromatic heterocycles. The summed E-state index contributed by atoms with van der Waals surface area (Å²) in [7, 11) is 1.49. The highest BCUT2D eigenvalue weighted by molar-refractivity contribution is 7.80. The quantitative estimate of drug-likeness (QED) is 0.209. The zero-order chi connectivity index (χ0) is 25.4. The Labute approximate surface area is 213 Å². The summed E-state index contributed by atoms with van der Waals surface area (Å²) >= 11 is 5.76. The van der Waals surface area contributed by atoms with Crippen molar-refractivity contribution in [2.24, 2.45) is 0 Å². The van der Waals surface area contributed by atoms with Crippen LogP contribution in [0.25, 0.3) is 5.69 Å². The van der Waals surface area contributed by atoms with Crippen molar-refractivity contribution in [2.75, 3.05) is 7.11 Å². The molecule has 36 heavy (non-hydrogen) atoms. The minimum Gasteiger partial charge on any atom is -0.496 e. The summed E-state index contributed by atoms with van der Waals surface area (Å²) in [6, 6.07) is 16.1. The number of nitrogens with one attached hydrogen (secondary N) is 1. The fourth-order valence-corrected chi connectivity index (χ4v) is 5.21. The molecule has 0 radical (unpaired) electrons. The minimum atomic E-state index is -0.386. The number of nitrogens with zero attached hydrogens (tertiary/aromatic N) is 4. The van der Waals surface area contributed by atoms with E-state index in [0.29, 0.717) is 23.1 Å². The number of ether oxygens (including phenoxy) is 1. The van der Waals surface area contributed by atoms with E-state index < -0.39 is 0 Å². The first-order valence-corrected chi connectivity index (χ1v) is 11.8. The number of hydrogen-bond donors (Lipinski definition) is 1. The van der Waals surface area contributed by atoms with Gasteiger partial charge in [-0.25, -0.2) is 0 Å². The van der Waals surface area contributed by atoms with E-state index in [1.165, 1.54) is 13.2 Å². The highest BCUT2D eigenvalue weighted by Gasteiger charge is 2.42. The van der Waals surface area contributed by atoms with Crippen molar-refractivity contribution in [1.82, 2.24) is 19.8 Å². The fourth-order valence-electron chi connectivity index (χ4n) is 4.91.